The zero-order valence-corrected chi connectivity index (χ0v) is 12.2. The molecule has 1 heterocycles. The van der Waals surface area contributed by atoms with Crippen LogP contribution in [0, 0.1) is 5.92 Å². The number of carbonyl (C=O) groups excluding carboxylic acids is 2. The first kappa shape index (κ1) is 13.9. The molecule has 0 bridgehead atoms. The first-order valence-corrected chi connectivity index (χ1v) is 7.87. The number of nitrogens with one attached hydrogen (secondary N) is 3. The van der Waals surface area contributed by atoms with Crippen LogP contribution in [-0.2, 0) is 9.59 Å². The van der Waals surface area contributed by atoms with Crippen molar-refractivity contribution in [1.82, 2.24) is 20.8 Å². The quantitative estimate of drug-likeness (QED) is 0.591. The molecule has 7 heteroatoms. The van der Waals surface area contributed by atoms with Gasteiger partial charge in [0.1, 0.15) is 0 Å². The van der Waals surface area contributed by atoms with E-state index in [0.29, 0.717) is 5.16 Å². The first-order valence-electron chi connectivity index (χ1n) is 6.88. The predicted octanol–water partition coefficient (Wildman–Crippen LogP) is 1.60. The third kappa shape index (κ3) is 3.36. The Kier molecular flexibility index (Phi) is 4.10. The topological polar surface area (TPSA) is 86.9 Å². The zero-order valence-electron chi connectivity index (χ0n) is 11.4. The monoisotopic (exact) mass is 304 g/mol. The summed E-state index contributed by atoms with van der Waals surface area (Å²) in [5.41, 5.74) is 6.72. The van der Waals surface area contributed by atoms with Gasteiger partial charge in [-0.2, -0.15) is 0 Å². The Morgan fingerprint density at radius 1 is 1.29 bits per heavy atom. The molecule has 21 heavy (non-hydrogen) atoms. The number of nitrogens with zero attached hydrogens (tertiary/aromatic N) is 1. The maximum absolute atomic E-state index is 11.7. The second-order valence-electron chi connectivity index (χ2n) is 5.01. The highest BCUT2D eigenvalue weighted by Crippen LogP contribution is 2.25. The number of hydrogen-bond acceptors (Lipinski definition) is 4. The zero-order chi connectivity index (χ0) is 14.7. The molecule has 0 atom stereocenters. The van der Waals surface area contributed by atoms with E-state index in [2.05, 4.69) is 20.8 Å². The van der Waals surface area contributed by atoms with E-state index in [1.165, 1.54) is 11.8 Å². The summed E-state index contributed by atoms with van der Waals surface area (Å²) in [6.07, 6.45) is 2.92. The van der Waals surface area contributed by atoms with Crippen LogP contribution >= 0.6 is 11.8 Å². The summed E-state index contributed by atoms with van der Waals surface area (Å²) < 4.78 is 0. The minimum atomic E-state index is -0.242. The molecule has 1 fully saturated rings. The molecule has 1 aliphatic rings. The minimum Gasteiger partial charge on any atom is -0.333 e. The average Bonchev–Trinajstić information content (AvgIpc) is 2.83. The molecule has 0 aliphatic heterocycles. The van der Waals surface area contributed by atoms with Gasteiger partial charge in [0.2, 0.25) is 11.8 Å². The Hall–Kier alpha value is -2.02. The van der Waals surface area contributed by atoms with Crippen LogP contribution in [0.5, 0.6) is 0 Å². The molecule has 2 amide bonds. The van der Waals surface area contributed by atoms with Crippen molar-refractivity contribution in [2.24, 2.45) is 5.92 Å². The average molecular weight is 304 g/mol. The number of fused-ring (bicyclic) bond motifs is 1. The number of aromatic nitrogens is 2. The van der Waals surface area contributed by atoms with E-state index in [1.807, 2.05) is 24.3 Å². The molecule has 1 saturated carbocycles. The number of thioether (sulfide) groups is 1. The van der Waals surface area contributed by atoms with Crippen molar-refractivity contribution >= 4 is 34.6 Å². The van der Waals surface area contributed by atoms with Gasteiger partial charge in [-0.15, -0.1) is 0 Å². The Bertz CT molecular complexity index is 633. The lowest BCUT2D eigenvalue weighted by Crippen LogP contribution is -2.46. The fraction of sp³-hybridized carbons (Fsp3) is 0.357. The number of imidazole rings is 1. The molecule has 1 aromatic carbocycles. The van der Waals surface area contributed by atoms with Gasteiger partial charge in [-0.1, -0.05) is 30.3 Å². The number of benzene rings is 1. The van der Waals surface area contributed by atoms with Crippen LogP contribution in [0.15, 0.2) is 29.4 Å². The third-order valence-electron chi connectivity index (χ3n) is 3.51. The number of aromatic amines is 1. The predicted molar refractivity (Wildman–Crippen MR) is 80.4 cm³/mol. The van der Waals surface area contributed by atoms with Crippen molar-refractivity contribution in [2.45, 2.75) is 24.4 Å². The fourth-order valence-electron chi connectivity index (χ4n) is 2.07. The van der Waals surface area contributed by atoms with Gasteiger partial charge in [0.25, 0.3) is 0 Å². The van der Waals surface area contributed by atoms with E-state index in [1.54, 1.807) is 0 Å². The van der Waals surface area contributed by atoms with Crippen molar-refractivity contribution in [2.75, 3.05) is 5.75 Å². The lowest BCUT2D eigenvalue weighted by molar-refractivity contribution is -0.132. The number of rotatable bonds is 4. The number of carbonyl (C=O) groups is 2. The molecular formula is C14H16N4O2S. The fourth-order valence-corrected chi connectivity index (χ4v) is 2.76. The highest BCUT2D eigenvalue weighted by atomic mass is 32.2. The molecule has 1 aliphatic carbocycles. The summed E-state index contributed by atoms with van der Waals surface area (Å²) in [5.74, 6) is -0.0742. The summed E-state index contributed by atoms with van der Waals surface area (Å²) in [6, 6.07) is 7.69. The minimum absolute atomic E-state index is 0.0633. The lowest BCUT2D eigenvalue weighted by atomic mass is 9.85. The van der Waals surface area contributed by atoms with Crippen LogP contribution in [0.2, 0.25) is 0 Å². The van der Waals surface area contributed by atoms with Crippen molar-refractivity contribution in [1.29, 1.82) is 0 Å². The van der Waals surface area contributed by atoms with E-state index in [9.17, 15) is 9.59 Å². The molecule has 0 radical (unpaired) electrons. The Balaban J connectivity index is 1.45. The highest BCUT2D eigenvalue weighted by Gasteiger charge is 2.25. The van der Waals surface area contributed by atoms with E-state index < -0.39 is 0 Å². The molecule has 6 nitrogen and oxygen atoms in total. The van der Waals surface area contributed by atoms with E-state index in [4.69, 9.17) is 0 Å². The highest BCUT2D eigenvalue weighted by molar-refractivity contribution is 7.99. The number of amides is 2. The van der Waals surface area contributed by atoms with Gasteiger partial charge in [0, 0.05) is 5.92 Å². The summed E-state index contributed by atoms with van der Waals surface area (Å²) in [6.45, 7) is 0. The van der Waals surface area contributed by atoms with Crippen LogP contribution < -0.4 is 10.9 Å². The molecule has 1 aromatic heterocycles. The summed E-state index contributed by atoms with van der Waals surface area (Å²) in [4.78, 5) is 30.8. The van der Waals surface area contributed by atoms with Crippen LogP contribution in [0.1, 0.15) is 19.3 Å². The second kappa shape index (κ2) is 6.17. The second-order valence-corrected chi connectivity index (χ2v) is 5.98. The van der Waals surface area contributed by atoms with Gasteiger partial charge in [-0.3, -0.25) is 20.4 Å². The van der Waals surface area contributed by atoms with Gasteiger partial charge < -0.3 is 4.98 Å². The largest absolute Gasteiger partial charge is 0.333 e. The van der Waals surface area contributed by atoms with Gasteiger partial charge >= 0.3 is 0 Å². The third-order valence-corrected chi connectivity index (χ3v) is 4.38. The van der Waals surface area contributed by atoms with Crippen LogP contribution in [-0.4, -0.2) is 27.5 Å². The van der Waals surface area contributed by atoms with Gasteiger partial charge in [-0.25, -0.2) is 4.98 Å². The van der Waals surface area contributed by atoms with Gasteiger partial charge in [-0.05, 0) is 25.0 Å². The smallest absolute Gasteiger partial charge is 0.248 e. The molecule has 3 rings (SSSR count). The van der Waals surface area contributed by atoms with Crippen LogP contribution in [0.3, 0.4) is 0 Å². The molecule has 110 valence electrons. The Morgan fingerprint density at radius 3 is 2.81 bits per heavy atom. The first-order chi connectivity index (χ1) is 10.2. The Labute approximate surface area is 126 Å². The van der Waals surface area contributed by atoms with E-state index in [0.717, 1.165) is 30.3 Å². The number of H-pyrrole nitrogens is 1. The molecule has 0 spiro atoms. The number of hydrogen-bond donors (Lipinski definition) is 3. The lowest BCUT2D eigenvalue weighted by Gasteiger charge is -2.23. The maximum atomic E-state index is 11.7. The van der Waals surface area contributed by atoms with Crippen molar-refractivity contribution < 1.29 is 9.59 Å². The van der Waals surface area contributed by atoms with E-state index in [-0.39, 0.29) is 23.5 Å². The molecule has 0 saturated heterocycles. The van der Waals surface area contributed by atoms with Crippen LogP contribution in [0.25, 0.3) is 11.0 Å². The van der Waals surface area contributed by atoms with Gasteiger partial charge in [0.15, 0.2) is 5.16 Å². The summed E-state index contributed by atoms with van der Waals surface area (Å²) in [7, 11) is 0. The standard InChI is InChI=1S/C14H16N4O2S/c19-12(17-18-13(20)9-4-3-5-9)8-21-14-15-10-6-1-2-7-11(10)16-14/h1-2,6-7,9H,3-5,8H2,(H,15,16)(H,17,19)(H,18,20). The summed E-state index contributed by atoms with van der Waals surface area (Å²) in [5, 5.41) is 0.691. The molecular weight excluding hydrogens is 288 g/mol. The van der Waals surface area contributed by atoms with Crippen molar-refractivity contribution in [3.63, 3.8) is 0 Å². The normalized spacial score (nSPS) is 14.7. The van der Waals surface area contributed by atoms with Gasteiger partial charge in [0.05, 0.1) is 16.8 Å². The van der Waals surface area contributed by atoms with Crippen molar-refractivity contribution in [3.05, 3.63) is 24.3 Å². The SMILES string of the molecule is O=C(CSc1nc2ccccc2[nH]1)NNC(=O)C1CCC1. The number of para-hydroxylation sites is 2. The number of hydrazine groups is 1. The Morgan fingerprint density at radius 2 is 2.10 bits per heavy atom. The van der Waals surface area contributed by atoms with E-state index >= 15 is 0 Å². The molecule has 2 aromatic rings. The summed E-state index contributed by atoms with van der Waals surface area (Å²) >= 11 is 1.30. The maximum Gasteiger partial charge on any atom is 0.248 e. The molecule has 0 unspecified atom stereocenters. The van der Waals surface area contributed by atoms with Crippen molar-refractivity contribution in [3.8, 4) is 0 Å². The molecule has 3 N–H and O–H groups in total. The van der Waals surface area contributed by atoms with Crippen LogP contribution in [0.4, 0.5) is 0 Å².